The number of hydrogen-bond acceptors (Lipinski definition) is 5. The number of fused-ring (bicyclic) bond motifs is 1. The van der Waals surface area contributed by atoms with E-state index >= 15 is 0 Å². The van der Waals surface area contributed by atoms with Crippen LogP contribution in [0.15, 0.2) is 47.5 Å². The molecule has 4 rings (SSSR count). The van der Waals surface area contributed by atoms with E-state index < -0.39 is 9.84 Å². The van der Waals surface area contributed by atoms with E-state index in [0.29, 0.717) is 5.75 Å². The summed E-state index contributed by atoms with van der Waals surface area (Å²) >= 11 is 1.53. The Kier molecular flexibility index (Phi) is 4.76. The lowest BCUT2D eigenvalue weighted by Crippen LogP contribution is -2.39. The summed E-state index contributed by atoms with van der Waals surface area (Å²) in [6.07, 6.45) is 0. The van der Waals surface area contributed by atoms with Crippen LogP contribution < -0.4 is 4.90 Å². The van der Waals surface area contributed by atoms with Gasteiger partial charge >= 0.3 is 0 Å². The van der Waals surface area contributed by atoms with Gasteiger partial charge in [0.25, 0.3) is 0 Å². The lowest BCUT2D eigenvalue weighted by molar-refractivity contribution is 0.601. The molecule has 2 aliphatic heterocycles. The molecule has 0 saturated carbocycles. The first kappa shape index (κ1) is 18.5. The molecule has 27 heavy (non-hydrogen) atoms. The third kappa shape index (κ3) is 3.75. The van der Waals surface area contributed by atoms with E-state index in [9.17, 15) is 12.8 Å². The molecule has 0 bridgehead atoms. The van der Waals surface area contributed by atoms with Crippen LogP contribution in [0.4, 0.5) is 10.1 Å². The number of rotatable bonds is 3. The Bertz CT molecular complexity index is 1020. The fourth-order valence-corrected chi connectivity index (χ4v) is 6.49. The summed E-state index contributed by atoms with van der Waals surface area (Å²) in [7, 11) is -3.07. The predicted molar refractivity (Wildman–Crippen MR) is 110 cm³/mol. The van der Waals surface area contributed by atoms with E-state index in [2.05, 4.69) is 30.9 Å². The summed E-state index contributed by atoms with van der Waals surface area (Å²) < 4.78 is 37.7. The van der Waals surface area contributed by atoms with Crippen LogP contribution in [0.5, 0.6) is 0 Å². The topological polar surface area (TPSA) is 49.7 Å². The second-order valence-electron chi connectivity index (χ2n) is 7.18. The molecule has 0 N–H and O–H groups in total. The van der Waals surface area contributed by atoms with Crippen molar-refractivity contribution in [2.75, 3.05) is 16.4 Å². The van der Waals surface area contributed by atoms with Crippen molar-refractivity contribution in [1.82, 2.24) is 0 Å². The maximum atomic E-state index is 13.4. The standard InChI is InChI=1S/C20H21FN2O2S2/c1-13-6-7-17(8-14(13)2)23-19-12-27(24,25)11-18(19)22-20(23)26-10-15-4-3-5-16(21)9-15/h3-9,18-19H,10-12H2,1-2H3/t18-,19+/m1/s1. The molecule has 2 aliphatic rings. The lowest BCUT2D eigenvalue weighted by Gasteiger charge is -2.27. The Morgan fingerprint density at radius 1 is 1.15 bits per heavy atom. The van der Waals surface area contributed by atoms with Gasteiger partial charge in [-0.25, -0.2) is 12.8 Å². The number of nitrogens with zero attached hydrogens (tertiary/aromatic N) is 2. The largest absolute Gasteiger partial charge is 0.315 e. The highest BCUT2D eigenvalue weighted by Crippen LogP contribution is 2.36. The van der Waals surface area contributed by atoms with Crippen LogP contribution in [0.1, 0.15) is 16.7 Å². The molecule has 0 aliphatic carbocycles. The van der Waals surface area contributed by atoms with E-state index in [0.717, 1.165) is 22.0 Å². The molecule has 7 heteroatoms. The molecule has 2 heterocycles. The minimum Gasteiger partial charge on any atom is -0.315 e. The van der Waals surface area contributed by atoms with Crippen molar-refractivity contribution in [3.05, 3.63) is 65.0 Å². The number of thioether (sulfide) groups is 1. The number of benzene rings is 2. The van der Waals surface area contributed by atoms with Crippen molar-refractivity contribution in [2.24, 2.45) is 4.99 Å². The van der Waals surface area contributed by atoms with Gasteiger partial charge in [-0.3, -0.25) is 4.99 Å². The Balaban J connectivity index is 1.64. The molecular formula is C20H21FN2O2S2. The smallest absolute Gasteiger partial charge is 0.164 e. The van der Waals surface area contributed by atoms with Gasteiger partial charge in [-0.1, -0.05) is 30.0 Å². The summed E-state index contributed by atoms with van der Waals surface area (Å²) in [6, 6.07) is 12.3. The van der Waals surface area contributed by atoms with E-state index in [1.54, 1.807) is 6.07 Å². The predicted octanol–water partition coefficient (Wildman–Crippen LogP) is 3.72. The van der Waals surface area contributed by atoms with Crippen LogP contribution in [0, 0.1) is 19.7 Å². The van der Waals surface area contributed by atoms with Crippen molar-refractivity contribution < 1.29 is 12.8 Å². The quantitative estimate of drug-likeness (QED) is 0.782. The normalized spacial score (nSPS) is 23.4. The molecule has 1 fully saturated rings. The third-order valence-corrected chi connectivity index (χ3v) is 7.87. The van der Waals surface area contributed by atoms with Crippen molar-refractivity contribution in [3.63, 3.8) is 0 Å². The second kappa shape index (κ2) is 6.95. The third-order valence-electron chi connectivity index (χ3n) is 5.13. The molecule has 4 nitrogen and oxygen atoms in total. The van der Waals surface area contributed by atoms with Crippen molar-refractivity contribution in [1.29, 1.82) is 0 Å². The molecule has 1 saturated heterocycles. The molecular weight excluding hydrogens is 383 g/mol. The zero-order valence-electron chi connectivity index (χ0n) is 15.2. The van der Waals surface area contributed by atoms with E-state index in [-0.39, 0.29) is 29.4 Å². The SMILES string of the molecule is Cc1ccc(N2C(SCc3cccc(F)c3)=N[C@@H]3CS(=O)(=O)C[C@@H]32)cc1C. The fourth-order valence-electron chi connectivity index (χ4n) is 3.59. The average molecular weight is 405 g/mol. The molecule has 0 amide bonds. The van der Waals surface area contributed by atoms with E-state index in [4.69, 9.17) is 4.99 Å². The van der Waals surface area contributed by atoms with Crippen LogP contribution >= 0.6 is 11.8 Å². The van der Waals surface area contributed by atoms with Gasteiger partial charge in [0, 0.05) is 11.4 Å². The van der Waals surface area contributed by atoms with Gasteiger partial charge in [-0.05, 0) is 54.8 Å². The van der Waals surface area contributed by atoms with Gasteiger partial charge in [-0.2, -0.15) is 0 Å². The first-order valence-corrected chi connectivity index (χ1v) is 11.6. The van der Waals surface area contributed by atoms with Gasteiger partial charge in [-0.15, -0.1) is 0 Å². The number of aryl methyl sites for hydroxylation is 2. The van der Waals surface area contributed by atoms with Crippen LogP contribution in [0.2, 0.25) is 0 Å². The van der Waals surface area contributed by atoms with Gasteiger partial charge in [0.15, 0.2) is 15.0 Å². The first-order chi connectivity index (χ1) is 12.8. The number of sulfone groups is 1. The molecule has 0 radical (unpaired) electrons. The van der Waals surface area contributed by atoms with Crippen molar-refractivity contribution in [3.8, 4) is 0 Å². The number of hydrogen-bond donors (Lipinski definition) is 0. The molecule has 0 unspecified atom stereocenters. The molecule has 142 valence electrons. The number of halogens is 1. The van der Waals surface area contributed by atoms with Gasteiger partial charge in [0.05, 0.1) is 23.6 Å². The van der Waals surface area contributed by atoms with Crippen molar-refractivity contribution in [2.45, 2.75) is 31.7 Å². The van der Waals surface area contributed by atoms with Crippen molar-refractivity contribution >= 4 is 32.5 Å². The van der Waals surface area contributed by atoms with E-state index in [1.807, 2.05) is 12.1 Å². The van der Waals surface area contributed by atoms with Gasteiger partial charge in [0.2, 0.25) is 0 Å². The number of anilines is 1. The van der Waals surface area contributed by atoms with Gasteiger partial charge < -0.3 is 4.90 Å². The zero-order chi connectivity index (χ0) is 19.2. The zero-order valence-corrected chi connectivity index (χ0v) is 16.9. The van der Waals surface area contributed by atoms with Crippen LogP contribution in [0.25, 0.3) is 0 Å². The summed E-state index contributed by atoms with van der Waals surface area (Å²) in [5.41, 5.74) is 4.20. The highest BCUT2D eigenvalue weighted by atomic mass is 32.2. The minimum atomic E-state index is -3.07. The summed E-state index contributed by atoms with van der Waals surface area (Å²) in [4.78, 5) is 6.79. The molecule has 0 spiro atoms. The highest BCUT2D eigenvalue weighted by molar-refractivity contribution is 8.13. The maximum absolute atomic E-state index is 13.4. The number of aliphatic imine (C=N–C) groups is 1. The second-order valence-corrected chi connectivity index (χ2v) is 10.3. The minimum absolute atomic E-state index is 0.100. The van der Waals surface area contributed by atoms with Crippen LogP contribution in [-0.2, 0) is 15.6 Å². The Morgan fingerprint density at radius 2 is 1.96 bits per heavy atom. The summed E-state index contributed by atoms with van der Waals surface area (Å²) in [5, 5.41) is 0.812. The average Bonchev–Trinajstić information content (AvgIpc) is 3.07. The monoisotopic (exact) mass is 404 g/mol. The molecule has 2 atom stereocenters. The highest BCUT2D eigenvalue weighted by Gasteiger charge is 2.47. The Labute approximate surface area is 163 Å². The molecule has 2 aromatic carbocycles. The maximum Gasteiger partial charge on any atom is 0.164 e. The number of amidine groups is 1. The first-order valence-electron chi connectivity index (χ1n) is 8.84. The van der Waals surface area contributed by atoms with Crippen LogP contribution in [0.3, 0.4) is 0 Å². The Morgan fingerprint density at radius 3 is 2.70 bits per heavy atom. The fraction of sp³-hybridized carbons (Fsp3) is 0.350. The summed E-state index contributed by atoms with van der Waals surface area (Å²) in [6.45, 7) is 4.11. The Hall–Kier alpha value is -1.86. The van der Waals surface area contributed by atoms with E-state index in [1.165, 1.54) is 29.5 Å². The molecule has 2 aromatic rings. The van der Waals surface area contributed by atoms with Crippen LogP contribution in [-0.4, -0.2) is 37.2 Å². The molecule has 0 aromatic heterocycles. The summed E-state index contributed by atoms with van der Waals surface area (Å²) in [5.74, 6) is 0.557. The lowest BCUT2D eigenvalue weighted by atomic mass is 10.1. The van der Waals surface area contributed by atoms with Gasteiger partial charge in [0.1, 0.15) is 5.82 Å².